The number of hydrogen-bond donors (Lipinski definition) is 2. The molecule has 7 nitrogen and oxygen atoms in total. The minimum atomic E-state index is -4.70. The molecule has 0 unspecified atom stereocenters. The number of anilines is 1. The molecule has 0 fully saturated rings. The van der Waals surface area contributed by atoms with Crippen molar-refractivity contribution in [3.05, 3.63) is 63.2 Å². The highest BCUT2D eigenvalue weighted by atomic mass is 19.4. The number of hydrazine groups is 1. The van der Waals surface area contributed by atoms with Crippen molar-refractivity contribution in [2.45, 2.75) is 19.0 Å². The lowest BCUT2D eigenvalue weighted by Crippen LogP contribution is -2.31. The smallest absolute Gasteiger partial charge is 0.416 e. The van der Waals surface area contributed by atoms with E-state index in [2.05, 4.69) is 10.9 Å². The predicted molar refractivity (Wildman–Crippen MR) is 89.2 cm³/mol. The molecule has 2 aromatic carbocycles. The van der Waals surface area contributed by atoms with Crippen LogP contribution in [0.25, 0.3) is 0 Å². The highest BCUT2D eigenvalue weighted by Gasteiger charge is 2.33. The van der Waals surface area contributed by atoms with E-state index >= 15 is 0 Å². The lowest BCUT2D eigenvalue weighted by atomic mass is 10.1. The molecule has 1 heterocycles. The van der Waals surface area contributed by atoms with Crippen LogP contribution in [0.1, 0.15) is 16.7 Å². The fourth-order valence-electron chi connectivity index (χ4n) is 2.68. The summed E-state index contributed by atoms with van der Waals surface area (Å²) in [6.07, 6.45) is -3.96. The molecule has 1 aliphatic rings. The number of halogens is 3. The summed E-state index contributed by atoms with van der Waals surface area (Å²) in [5.74, 6) is 0.278. The second-order valence-electron chi connectivity index (χ2n) is 5.88. The van der Waals surface area contributed by atoms with Crippen LogP contribution < -0.4 is 15.6 Å². The lowest BCUT2D eigenvalue weighted by Gasteiger charge is -2.11. The normalized spacial score (nSPS) is 12.9. The molecule has 0 atom stereocenters. The van der Waals surface area contributed by atoms with Crippen LogP contribution in [0.5, 0.6) is 5.75 Å². The number of rotatable bonds is 5. The van der Waals surface area contributed by atoms with E-state index in [1.165, 1.54) is 0 Å². The fourth-order valence-corrected chi connectivity index (χ4v) is 2.68. The Morgan fingerprint density at radius 2 is 2.00 bits per heavy atom. The summed E-state index contributed by atoms with van der Waals surface area (Å²) in [6.45, 7) is 0.587. The number of nitro groups is 1. The van der Waals surface area contributed by atoms with Gasteiger partial charge in [0.2, 0.25) is 5.91 Å². The average Bonchev–Trinajstić information content (AvgIpc) is 3.06. The van der Waals surface area contributed by atoms with Crippen LogP contribution in [-0.2, 0) is 23.8 Å². The zero-order chi connectivity index (χ0) is 19.6. The summed E-state index contributed by atoms with van der Waals surface area (Å²) in [6, 6.07) is 7.33. The Morgan fingerprint density at radius 3 is 2.70 bits per heavy atom. The molecule has 0 spiro atoms. The van der Waals surface area contributed by atoms with Crippen LogP contribution in [0.15, 0.2) is 36.4 Å². The number of fused-ring (bicyclic) bond motifs is 1. The Balaban J connectivity index is 1.67. The first-order valence-electron chi connectivity index (χ1n) is 7.89. The van der Waals surface area contributed by atoms with Gasteiger partial charge in [0, 0.05) is 12.5 Å². The summed E-state index contributed by atoms with van der Waals surface area (Å²) in [5, 5.41) is 11.0. The van der Waals surface area contributed by atoms with Crippen molar-refractivity contribution in [2.75, 3.05) is 12.0 Å². The molecule has 0 saturated carbocycles. The topological polar surface area (TPSA) is 93.5 Å². The maximum atomic E-state index is 12.7. The van der Waals surface area contributed by atoms with Gasteiger partial charge >= 0.3 is 6.18 Å². The monoisotopic (exact) mass is 381 g/mol. The number of carbonyl (C=O) groups is 1. The largest absolute Gasteiger partial charge is 0.493 e. The van der Waals surface area contributed by atoms with E-state index < -0.39 is 28.3 Å². The number of ether oxygens (including phenoxy) is 1. The number of alkyl halides is 3. The number of nitrogens with zero attached hydrogens (tertiary/aromatic N) is 1. The van der Waals surface area contributed by atoms with Gasteiger partial charge in [-0.15, -0.1) is 0 Å². The standard InChI is InChI=1S/C17H14F3N3O4/c18-17(19,20)12-2-3-13(14(9-12)23(25)26)21-22-16(24)8-10-1-4-15-11(7-10)5-6-27-15/h1-4,7,9,21H,5-6,8H2,(H,22,24). The number of amides is 1. The maximum Gasteiger partial charge on any atom is 0.416 e. The summed E-state index contributed by atoms with van der Waals surface area (Å²) < 4.78 is 43.5. The predicted octanol–water partition coefficient (Wildman–Crippen LogP) is 3.23. The first-order chi connectivity index (χ1) is 12.7. The molecule has 10 heteroatoms. The van der Waals surface area contributed by atoms with Gasteiger partial charge in [-0.3, -0.25) is 25.8 Å². The molecule has 27 heavy (non-hydrogen) atoms. The van der Waals surface area contributed by atoms with Crippen molar-refractivity contribution in [1.29, 1.82) is 0 Å². The average molecular weight is 381 g/mol. The first kappa shape index (κ1) is 18.5. The van der Waals surface area contributed by atoms with E-state index in [0.29, 0.717) is 18.7 Å². The molecule has 0 radical (unpaired) electrons. The lowest BCUT2D eigenvalue weighted by molar-refractivity contribution is -0.384. The van der Waals surface area contributed by atoms with Crippen molar-refractivity contribution in [1.82, 2.24) is 5.43 Å². The number of carbonyl (C=O) groups excluding carboxylic acids is 1. The molecule has 0 aliphatic carbocycles. The Bertz CT molecular complexity index is 899. The van der Waals surface area contributed by atoms with Crippen LogP contribution in [0.3, 0.4) is 0 Å². The molecule has 0 saturated heterocycles. The van der Waals surface area contributed by atoms with Crippen molar-refractivity contribution >= 4 is 17.3 Å². The van der Waals surface area contributed by atoms with Gasteiger partial charge in [-0.05, 0) is 29.3 Å². The third kappa shape index (κ3) is 4.27. The summed E-state index contributed by atoms with van der Waals surface area (Å²) in [4.78, 5) is 22.1. The maximum absolute atomic E-state index is 12.7. The number of hydrogen-bond acceptors (Lipinski definition) is 5. The Kier molecular flexibility index (Phi) is 4.89. The van der Waals surface area contributed by atoms with Crippen LogP contribution in [-0.4, -0.2) is 17.4 Å². The van der Waals surface area contributed by atoms with Crippen LogP contribution in [0.2, 0.25) is 0 Å². The molecular weight excluding hydrogens is 367 g/mol. The number of benzene rings is 2. The Labute approximate surface area is 151 Å². The van der Waals surface area contributed by atoms with Crippen molar-refractivity contribution in [3.8, 4) is 5.75 Å². The molecule has 1 aliphatic heterocycles. The third-order valence-corrected chi connectivity index (χ3v) is 3.98. The van der Waals surface area contributed by atoms with E-state index in [9.17, 15) is 28.1 Å². The molecule has 0 aromatic heterocycles. The Hall–Kier alpha value is -3.30. The van der Waals surface area contributed by atoms with Crippen LogP contribution >= 0.6 is 0 Å². The zero-order valence-corrected chi connectivity index (χ0v) is 13.8. The molecule has 1 amide bonds. The molecule has 2 aromatic rings. The van der Waals surface area contributed by atoms with E-state index in [4.69, 9.17) is 4.74 Å². The van der Waals surface area contributed by atoms with Crippen LogP contribution in [0, 0.1) is 10.1 Å². The minimum absolute atomic E-state index is 0.00525. The van der Waals surface area contributed by atoms with E-state index in [1.807, 2.05) is 6.07 Å². The summed E-state index contributed by atoms with van der Waals surface area (Å²) in [7, 11) is 0. The zero-order valence-electron chi connectivity index (χ0n) is 13.8. The van der Waals surface area contributed by atoms with Gasteiger partial charge < -0.3 is 4.74 Å². The molecule has 2 N–H and O–H groups in total. The minimum Gasteiger partial charge on any atom is -0.493 e. The van der Waals surface area contributed by atoms with Gasteiger partial charge in [0.25, 0.3) is 5.69 Å². The van der Waals surface area contributed by atoms with E-state index in [0.717, 1.165) is 29.4 Å². The highest BCUT2D eigenvalue weighted by Crippen LogP contribution is 2.34. The quantitative estimate of drug-likeness (QED) is 0.613. The van der Waals surface area contributed by atoms with Gasteiger partial charge in [0.1, 0.15) is 11.4 Å². The first-order valence-corrected chi connectivity index (χ1v) is 7.89. The van der Waals surface area contributed by atoms with E-state index in [1.54, 1.807) is 12.1 Å². The second-order valence-corrected chi connectivity index (χ2v) is 5.88. The SMILES string of the molecule is O=C(Cc1ccc2c(c1)CCO2)NNc1ccc(C(F)(F)F)cc1[N+](=O)[O-]. The van der Waals surface area contributed by atoms with Gasteiger partial charge in [-0.25, -0.2) is 0 Å². The number of nitrogens with one attached hydrogen (secondary N) is 2. The number of nitro benzene ring substituents is 1. The fraction of sp³-hybridized carbons (Fsp3) is 0.235. The van der Waals surface area contributed by atoms with Crippen molar-refractivity contribution in [3.63, 3.8) is 0 Å². The van der Waals surface area contributed by atoms with Crippen molar-refractivity contribution < 1.29 is 27.6 Å². The van der Waals surface area contributed by atoms with Crippen LogP contribution in [0.4, 0.5) is 24.5 Å². The van der Waals surface area contributed by atoms with Gasteiger partial charge in [-0.1, -0.05) is 12.1 Å². The molecule has 142 valence electrons. The van der Waals surface area contributed by atoms with Crippen molar-refractivity contribution in [2.24, 2.45) is 0 Å². The highest BCUT2D eigenvalue weighted by molar-refractivity contribution is 5.80. The van der Waals surface area contributed by atoms with E-state index in [-0.39, 0.29) is 12.1 Å². The summed E-state index contributed by atoms with van der Waals surface area (Å²) >= 11 is 0. The molecular formula is C17H14F3N3O4. The second kappa shape index (κ2) is 7.14. The Morgan fingerprint density at radius 1 is 1.22 bits per heavy atom. The van der Waals surface area contributed by atoms with Gasteiger partial charge in [0.15, 0.2) is 0 Å². The molecule has 0 bridgehead atoms. The summed E-state index contributed by atoms with van der Waals surface area (Å²) in [5.41, 5.74) is 4.10. The van der Waals surface area contributed by atoms with Gasteiger partial charge in [0.05, 0.1) is 23.5 Å². The third-order valence-electron chi connectivity index (χ3n) is 3.98. The van der Waals surface area contributed by atoms with Gasteiger partial charge in [-0.2, -0.15) is 13.2 Å². The molecule has 3 rings (SSSR count).